The number of amidine groups is 1. The van der Waals surface area contributed by atoms with E-state index in [1.165, 1.54) is 17.0 Å². The van der Waals surface area contributed by atoms with Crippen LogP contribution in [0.4, 0.5) is 18.0 Å². The first-order valence-corrected chi connectivity index (χ1v) is 8.81. The first kappa shape index (κ1) is 19.6. The Kier molecular flexibility index (Phi) is 5.41. The monoisotopic (exact) mass is 373 g/mol. The van der Waals surface area contributed by atoms with Crippen molar-refractivity contribution in [2.24, 2.45) is 4.99 Å². The van der Waals surface area contributed by atoms with Gasteiger partial charge in [0, 0.05) is 12.1 Å². The molecule has 0 saturated carbocycles. The second kappa shape index (κ2) is 6.90. The second-order valence-corrected chi connectivity index (χ2v) is 7.73. The Morgan fingerprint density at radius 1 is 1.16 bits per heavy atom. The van der Waals surface area contributed by atoms with E-state index in [0.29, 0.717) is 11.8 Å². The smallest absolute Gasteiger partial charge is 0.311 e. The molecule has 138 valence electrons. The predicted molar refractivity (Wildman–Crippen MR) is 94.6 cm³/mol. The van der Waals surface area contributed by atoms with Crippen molar-refractivity contribution in [1.82, 2.24) is 10.2 Å². The predicted octanol–water partition coefficient (Wildman–Crippen LogP) is 4.64. The van der Waals surface area contributed by atoms with E-state index in [2.05, 4.69) is 10.3 Å². The quantitative estimate of drug-likeness (QED) is 0.839. The second-order valence-electron chi connectivity index (χ2n) is 6.55. The van der Waals surface area contributed by atoms with Crippen LogP contribution in [0.2, 0.25) is 0 Å². The first-order chi connectivity index (χ1) is 11.5. The van der Waals surface area contributed by atoms with Gasteiger partial charge in [-0.05, 0) is 51.9 Å². The molecule has 0 spiro atoms. The fourth-order valence-electron chi connectivity index (χ4n) is 2.49. The van der Waals surface area contributed by atoms with Crippen molar-refractivity contribution >= 4 is 23.0 Å². The number of hydrogen-bond donors (Lipinski definition) is 1. The molecule has 0 aromatic heterocycles. The topological polar surface area (TPSA) is 44.7 Å². The van der Waals surface area contributed by atoms with Crippen LogP contribution in [-0.2, 0) is 4.87 Å². The lowest BCUT2D eigenvalue weighted by Gasteiger charge is -2.44. The third-order valence-corrected chi connectivity index (χ3v) is 5.05. The van der Waals surface area contributed by atoms with Gasteiger partial charge in [0.15, 0.2) is 5.17 Å². The Hall–Kier alpha value is -1.70. The van der Waals surface area contributed by atoms with Gasteiger partial charge in [-0.15, -0.1) is 0 Å². The van der Waals surface area contributed by atoms with Gasteiger partial charge in [-0.2, -0.15) is 13.2 Å². The standard InChI is InChI=1S/C17H22F3N3OS/c1-10(2)21-15-23(11(3)4)14(24)22-16(25-15,17(18,19)20)13-8-6-12(5)7-9-13/h6-11H,1-5H3,(H,22,24). The molecule has 1 aromatic carbocycles. The van der Waals surface area contributed by atoms with E-state index in [-0.39, 0.29) is 22.8 Å². The van der Waals surface area contributed by atoms with Crippen molar-refractivity contribution in [2.45, 2.75) is 57.7 Å². The molecule has 0 bridgehead atoms. The van der Waals surface area contributed by atoms with E-state index in [1.54, 1.807) is 46.8 Å². The van der Waals surface area contributed by atoms with Crippen LogP contribution in [0.25, 0.3) is 0 Å². The molecule has 1 N–H and O–H groups in total. The molecule has 8 heteroatoms. The highest BCUT2D eigenvalue weighted by atomic mass is 32.2. The average molecular weight is 373 g/mol. The fourth-order valence-corrected chi connectivity index (χ4v) is 3.92. The van der Waals surface area contributed by atoms with Gasteiger partial charge in [0.2, 0.25) is 4.87 Å². The van der Waals surface area contributed by atoms with Crippen molar-refractivity contribution in [3.8, 4) is 0 Å². The molecule has 1 unspecified atom stereocenters. The van der Waals surface area contributed by atoms with Crippen LogP contribution in [0.5, 0.6) is 0 Å². The minimum atomic E-state index is -4.69. The van der Waals surface area contributed by atoms with Crippen molar-refractivity contribution in [2.75, 3.05) is 0 Å². The minimum absolute atomic E-state index is 0.0242. The number of benzene rings is 1. The van der Waals surface area contributed by atoms with Crippen LogP contribution in [0.1, 0.15) is 38.8 Å². The number of rotatable bonds is 3. The van der Waals surface area contributed by atoms with Gasteiger partial charge in [-0.25, -0.2) is 4.79 Å². The van der Waals surface area contributed by atoms with Crippen molar-refractivity contribution in [3.05, 3.63) is 35.4 Å². The summed E-state index contributed by atoms with van der Waals surface area (Å²) in [7, 11) is 0. The molecule has 25 heavy (non-hydrogen) atoms. The summed E-state index contributed by atoms with van der Waals surface area (Å²) in [6.45, 7) is 8.80. The van der Waals surface area contributed by atoms with E-state index >= 15 is 0 Å². The number of carbonyl (C=O) groups is 1. The number of amides is 2. The largest absolute Gasteiger partial charge is 0.425 e. The van der Waals surface area contributed by atoms with Gasteiger partial charge in [0.1, 0.15) is 0 Å². The lowest BCUT2D eigenvalue weighted by Crippen LogP contribution is -2.64. The van der Waals surface area contributed by atoms with Crippen LogP contribution in [-0.4, -0.2) is 34.4 Å². The molecule has 1 atom stereocenters. The van der Waals surface area contributed by atoms with Crippen LogP contribution < -0.4 is 5.32 Å². The maximum Gasteiger partial charge on any atom is 0.425 e. The van der Waals surface area contributed by atoms with E-state index in [0.717, 1.165) is 5.56 Å². The van der Waals surface area contributed by atoms with Gasteiger partial charge in [-0.1, -0.05) is 29.8 Å². The molecule has 1 aliphatic heterocycles. The number of thioether (sulfide) groups is 1. The summed E-state index contributed by atoms with van der Waals surface area (Å²) in [5.41, 5.74) is 0.817. The summed E-state index contributed by atoms with van der Waals surface area (Å²) in [6.07, 6.45) is -4.69. The molecule has 4 nitrogen and oxygen atoms in total. The Morgan fingerprint density at radius 2 is 1.72 bits per heavy atom. The molecular weight excluding hydrogens is 351 g/mol. The molecule has 1 aromatic rings. The zero-order chi connectivity index (χ0) is 19.0. The zero-order valence-corrected chi connectivity index (χ0v) is 15.6. The maximum atomic E-state index is 14.1. The molecule has 1 fully saturated rings. The lowest BCUT2D eigenvalue weighted by molar-refractivity contribution is -0.167. The molecular formula is C17H22F3N3OS. The third kappa shape index (κ3) is 3.78. The van der Waals surface area contributed by atoms with Gasteiger partial charge in [-0.3, -0.25) is 9.89 Å². The summed E-state index contributed by atoms with van der Waals surface area (Å²) in [5.74, 6) is 0. The Balaban J connectivity index is 2.62. The van der Waals surface area contributed by atoms with Crippen LogP contribution in [0.15, 0.2) is 29.3 Å². The number of nitrogens with one attached hydrogen (secondary N) is 1. The lowest BCUT2D eigenvalue weighted by atomic mass is 10.0. The molecule has 1 aliphatic rings. The van der Waals surface area contributed by atoms with Gasteiger partial charge in [0.25, 0.3) is 0 Å². The van der Waals surface area contributed by atoms with Crippen molar-refractivity contribution in [1.29, 1.82) is 0 Å². The summed E-state index contributed by atoms with van der Waals surface area (Å²) >= 11 is 0.532. The SMILES string of the molecule is Cc1ccc(C2(C(F)(F)F)NC(=O)N(C(C)C)C(=NC(C)C)S2)cc1. The molecule has 0 radical (unpaired) electrons. The maximum absolute atomic E-state index is 14.1. The van der Waals surface area contributed by atoms with E-state index in [4.69, 9.17) is 0 Å². The average Bonchev–Trinajstić information content (AvgIpc) is 2.44. The molecule has 1 saturated heterocycles. The number of aliphatic imine (C=N–C) groups is 1. The van der Waals surface area contributed by atoms with Gasteiger partial charge >= 0.3 is 12.2 Å². The summed E-state index contributed by atoms with van der Waals surface area (Å²) in [5, 5.41) is 2.26. The van der Waals surface area contributed by atoms with Crippen LogP contribution >= 0.6 is 11.8 Å². The number of halogens is 3. The normalized spacial score (nSPS) is 23.5. The number of urea groups is 1. The van der Waals surface area contributed by atoms with Crippen LogP contribution in [0.3, 0.4) is 0 Å². The highest BCUT2D eigenvalue weighted by Crippen LogP contribution is 2.50. The number of hydrogen-bond acceptors (Lipinski definition) is 3. The first-order valence-electron chi connectivity index (χ1n) is 8.00. The highest BCUT2D eigenvalue weighted by Gasteiger charge is 2.62. The minimum Gasteiger partial charge on any atom is -0.311 e. The molecule has 2 rings (SSSR count). The number of nitrogens with zero attached hydrogens (tertiary/aromatic N) is 2. The van der Waals surface area contributed by atoms with Crippen LogP contribution in [0, 0.1) is 6.92 Å². The summed E-state index contributed by atoms with van der Waals surface area (Å²) < 4.78 is 42.3. The van der Waals surface area contributed by atoms with Crippen molar-refractivity contribution in [3.63, 3.8) is 0 Å². The highest BCUT2D eigenvalue weighted by molar-refractivity contribution is 8.14. The Labute approximate surface area is 149 Å². The Morgan fingerprint density at radius 3 is 2.16 bits per heavy atom. The molecule has 0 aliphatic carbocycles. The third-order valence-electron chi connectivity index (χ3n) is 3.69. The fraction of sp³-hybridized carbons (Fsp3) is 0.529. The Bertz CT molecular complexity index is 671. The van der Waals surface area contributed by atoms with Gasteiger partial charge < -0.3 is 5.32 Å². The zero-order valence-electron chi connectivity index (χ0n) is 14.8. The summed E-state index contributed by atoms with van der Waals surface area (Å²) in [4.78, 5) is 15.5. The van der Waals surface area contributed by atoms with Crippen molar-refractivity contribution < 1.29 is 18.0 Å². The molecule has 1 heterocycles. The number of alkyl halides is 3. The summed E-state index contributed by atoms with van der Waals surface area (Å²) in [6, 6.07) is 4.65. The van der Waals surface area contributed by atoms with E-state index in [1.807, 2.05) is 0 Å². The molecule has 2 amide bonds. The number of aryl methyl sites for hydroxylation is 1. The number of carbonyl (C=O) groups excluding carboxylic acids is 1. The van der Waals surface area contributed by atoms with E-state index in [9.17, 15) is 18.0 Å². The van der Waals surface area contributed by atoms with Gasteiger partial charge in [0.05, 0.1) is 0 Å². The van der Waals surface area contributed by atoms with E-state index < -0.39 is 17.1 Å².